The van der Waals surface area contributed by atoms with E-state index >= 15 is 0 Å². The minimum atomic E-state index is -0.354. The third kappa shape index (κ3) is 3.05. The van der Waals surface area contributed by atoms with Crippen molar-refractivity contribution >= 4 is 28.6 Å². The van der Waals surface area contributed by atoms with Gasteiger partial charge < -0.3 is 4.42 Å². The quantitative estimate of drug-likeness (QED) is 0.461. The fourth-order valence-electron chi connectivity index (χ4n) is 3.39. The number of fused-ring (bicyclic) bond motifs is 3. The number of hydrogen-bond donors (Lipinski definition) is 0. The summed E-state index contributed by atoms with van der Waals surface area (Å²) >= 11 is 5.94. The fourth-order valence-corrected chi connectivity index (χ4v) is 3.52. The third-order valence-electron chi connectivity index (χ3n) is 4.96. The molecule has 1 aromatic carbocycles. The van der Waals surface area contributed by atoms with Crippen molar-refractivity contribution < 1.29 is 4.42 Å². The van der Waals surface area contributed by atoms with Crippen molar-refractivity contribution in [2.75, 3.05) is 0 Å². The molecule has 4 rings (SSSR count). The Kier molecular flexibility index (Phi) is 4.85. The molecule has 0 atom stereocenters. The number of aryl methyl sites for hydroxylation is 1. The van der Waals surface area contributed by atoms with Gasteiger partial charge in [0, 0.05) is 24.2 Å². The molecule has 0 unspecified atom stereocenters. The lowest BCUT2D eigenvalue weighted by Crippen LogP contribution is -2.39. The first kappa shape index (κ1) is 18.6. The van der Waals surface area contributed by atoms with Gasteiger partial charge in [0.1, 0.15) is 0 Å². The maximum absolute atomic E-state index is 13.1. The Balaban J connectivity index is 1.85. The molecule has 0 bridgehead atoms. The van der Waals surface area contributed by atoms with E-state index in [0.717, 1.165) is 31.2 Å². The molecule has 28 heavy (non-hydrogen) atoms. The van der Waals surface area contributed by atoms with Crippen molar-refractivity contribution in [2.45, 2.75) is 39.2 Å². The molecule has 146 valence electrons. The molecule has 4 aromatic rings. The van der Waals surface area contributed by atoms with E-state index in [0.29, 0.717) is 28.5 Å². The van der Waals surface area contributed by atoms with Gasteiger partial charge in [-0.1, -0.05) is 37.8 Å². The first-order chi connectivity index (χ1) is 13.5. The van der Waals surface area contributed by atoms with Crippen molar-refractivity contribution in [3.8, 4) is 11.3 Å². The highest BCUT2D eigenvalue weighted by Crippen LogP contribution is 2.25. The fraction of sp³-hybridized carbons (Fsp3) is 0.350. The van der Waals surface area contributed by atoms with Crippen LogP contribution in [0.2, 0.25) is 5.02 Å². The van der Waals surface area contributed by atoms with Crippen LogP contribution >= 0.6 is 11.6 Å². The van der Waals surface area contributed by atoms with Gasteiger partial charge in [-0.15, -0.1) is 0 Å². The Hall–Kier alpha value is -2.80. The molecule has 0 radical (unpaired) electrons. The first-order valence-electron chi connectivity index (χ1n) is 9.38. The maximum Gasteiger partial charge on any atom is 0.332 e. The van der Waals surface area contributed by atoms with Crippen molar-refractivity contribution in [1.29, 1.82) is 0 Å². The summed E-state index contributed by atoms with van der Waals surface area (Å²) in [6, 6.07) is 7.22. The molecule has 0 aliphatic rings. The van der Waals surface area contributed by atoms with Crippen molar-refractivity contribution in [3.63, 3.8) is 0 Å². The van der Waals surface area contributed by atoms with Crippen LogP contribution in [0.4, 0.5) is 0 Å². The van der Waals surface area contributed by atoms with E-state index in [1.165, 1.54) is 9.13 Å². The van der Waals surface area contributed by atoms with Crippen LogP contribution in [-0.4, -0.2) is 18.5 Å². The molecule has 0 fully saturated rings. The molecular formula is C20H21ClN4O3. The molecule has 0 aliphatic carbocycles. The van der Waals surface area contributed by atoms with E-state index in [2.05, 4.69) is 11.9 Å². The second kappa shape index (κ2) is 7.31. The summed E-state index contributed by atoms with van der Waals surface area (Å²) in [6.07, 6.45) is 5.68. The molecule has 0 saturated heterocycles. The van der Waals surface area contributed by atoms with E-state index < -0.39 is 0 Å². The highest BCUT2D eigenvalue weighted by atomic mass is 35.5. The van der Waals surface area contributed by atoms with Crippen LogP contribution in [0.5, 0.6) is 0 Å². The normalized spacial score (nSPS) is 11.7. The second-order valence-corrected chi connectivity index (χ2v) is 7.33. The zero-order valence-corrected chi connectivity index (χ0v) is 16.6. The number of imidazole rings is 1. The van der Waals surface area contributed by atoms with Crippen molar-refractivity contribution in [2.24, 2.45) is 7.05 Å². The van der Waals surface area contributed by atoms with Crippen molar-refractivity contribution in [1.82, 2.24) is 18.5 Å². The summed E-state index contributed by atoms with van der Waals surface area (Å²) in [7, 11) is 1.62. The van der Waals surface area contributed by atoms with Gasteiger partial charge in [0.05, 0.1) is 6.20 Å². The molecule has 0 aliphatic heterocycles. The zero-order chi connectivity index (χ0) is 19.8. The lowest BCUT2D eigenvalue weighted by Gasteiger charge is -2.07. The Morgan fingerprint density at radius 1 is 1.11 bits per heavy atom. The lowest BCUT2D eigenvalue weighted by atomic mass is 10.2. The van der Waals surface area contributed by atoms with Crippen LogP contribution < -0.4 is 11.2 Å². The summed E-state index contributed by atoms with van der Waals surface area (Å²) in [5.74, 6) is 0.847. The molecule has 8 heteroatoms. The van der Waals surface area contributed by atoms with Crippen LogP contribution in [0.3, 0.4) is 0 Å². The monoisotopic (exact) mass is 400 g/mol. The van der Waals surface area contributed by atoms with Gasteiger partial charge in [0.25, 0.3) is 5.56 Å². The minimum Gasteiger partial charge on any atom is -0.423 e. The number of benzene rings is 1. The summed E-state index contributed by atoms with van der Waals surface area (Å²) in [6.45, 7) is 2.52. The summed E-state index contributed by atoms with van der Waals surface area (Å²) in [5.41, 5.74) is 0.795. The van der Waals surface area contributed by atoms with Crippen molar-refractivity contribution in [3.05, 3.63) is 56.3 Å². The number of aromatic nitrogens is 4. The highest BCUT2D eigenvalue weighted by molar-refractivity contribution is 6.30. The number of oxazole rings is 1. The van der Waals surface area contributed by atoms with Crippen LogP contribution in [-0.2, 0) is 13.6 Å². The lowest BCUT2D eigenvalue weighted by molar-refractivity contribution is 0.539. The number of rotatable bonds is 6. The van der Waals surface area contributed by atoms with Crippen LogP contribution in [0.1, 0.15) is 32.6 Å². The largest absolute Gasteiger partial charge is 0.423 e. The topological polar surface area (TPSA) is 74.4 Å². The number of unbranched alkanes of at least 4 members (excludes halogenated alkanes) is 3. The Bertz CT molecular complexity index is 1260. The van der Waals surface area contributed by atoms with Gasteiger partial charge in [0.2, 0.25) is 0 Å². The van der Waals surface area contributed by atoms with Crippen LogP contribution in [0.25, 0.3) is 28.3 Å². The van der Waals surface area contributed by atoms with Crippen LogP contribution in [0, 0.1) is 0 Å². The van der Waals surface area contributed by atoms with E-state index in [1.54, 1.807) is 29.8 Å². The average molecular weight is 401 g/mol. The van der Waals surface area contributed by atoms with Gasteiger partial charge in [-0.05, 0) is 30.7 Å². The van der Waals surface area contributed by atoms with Gasteiger partial charge in [-0.2, -0.15) is 4.98 Å². The van der Waals surface area contributed by atoms with Crippen LogP contribution in [0.15, 0.2) is 44.5 Å². The summed E-state index contributed by atoms with van der Waals surface area (Å²) in [5, 5.41) is 0.631. The zero-order valence-electron chi connectivity index (χ0n) is 15.8. The molecule has 0 saturated carbocycles. The van der Waals surface area contributed by atoms with E-state index in [1.807, 2.05) is 12.1 Å². The number of halogens is 1. The summed E-state index contributed by atoms with van der Waals surface area (Å²) in [4.78, 5) is 30.1. The Labute approximate surface area is 165 Å². The van der Waals surface area contributed by atoms with Gasteiger partial charge in [-0.25, -0.2) is 4.79 Å². The minimum absolute atomic E-state index is 0.274. The predicted molar refractivity (Wildman–Crippen MR) is 109 cm³/mol. The average Bonchev–Trinajstić information content (AvgIpc) is 3.24. The van der Waals surface area contributed by atoms with E-state index in [4.69, 9.17) is 16.0 Å². The molecule has 0 spiro atoms. The van der Waals surface area contributed by atoms with Gasteiger partial charge in [0.15, 0.2) is 16.9 Å². The van der Waals surface area contributed by atoms with E-state index in [-0.39, 0.29) is 17.1 Å². The summed E-state index contributed by atoms with van der Waals surface area (Å²) < 4.78 is 10.1. The SMILES string of the molecule is CCCCCCn1c(=O)c2c(nc3oc(-c4ccc(Cl)cc4)cn32)n(C)c1=O. The second-order valence-electron chi connectivity index (χ2n) is 6.90. The molecule has 3 heterocycles. The molecule has 0 amide bonds. The molecule has 3 aromatic heterocycles. The van der Waals surface area contributed by atoms with Gasteiger partial charge >= 0.3 is 11.5 Å². The smallest absolute Gasteiger partial charge is 0.332 e. The number of hydrogen-bond acceptors (Lipinski definition) is 4. The Morgan fingerprint density at radius 3 is 2.57 bits per heavy atom. The third-order valence-corrected chi connectivity index (χ3v) is 5.21. The standard InChI is InChI=1S/C20H21ClN4O3/c1-3-4-5-6-11-24-18(26)16-17(23(2)20(24)27)22-19-25(16)12-15(28-19)13-7-9-14(21)10-8-13/h7-10,12H,3-6,11H2,1-2H3. The highest BCUT2D eigenvalue weighted by Gasteiger charge is 2.19. The molecular weight excluding hydrogens is 380 g/mol. The van der Waals surface area contributed by atoms with E-state index in [9.17, 15) is 9.59 Å². The first-order valence-corrected chi connectivity index (χ1v) is 9.76. The number of nitrogens with zero attached hydrogens (tertiary/aromatic N) is 4. The maximum atomic E-state index is 13.1. The van der Waals surface area contributed by atoms with Gasteiger partial charge in [-0.3, -0.25) is 18.3 Å². The molecule has 0 N–H and O–H groups in total. The predicted octanol–water partition coefficient (Wildman–Crippen LogP) is 3.84. The Morgan fingerprint density at radius 2 is 1.86 bits per heavy atom. The molecule has 7 nitrogen and oxygen atoms in total.